The van der Waals surface area contributed by atoms with Crippen LogP contribution < -0.4 is 20.4 Å². The van der Waals surface area contributed by atoms with Gasteiger partial charge >= 0.3 is 24.4 Å². The quantitative estimate of drug-likeness (QED) is 0.423. The van der Waals surface area contributed by atoms with Crippen molar-refractivity contribution in [2.24, 2.45) is 0 Å². The molecular formula is C21H24F7N5O4. The molecule has 1 aromatic carbocycles. The number of carbonyl (C=O) groups excluding carboxylic acids is 3. The van der Waals surface area contributed by atoms with Gasteiger partial charge in [-0.05, 0) is 31.2 Å². The smallest absolute Gasteiger partial charge is 0.442 e. The van der Waals surface area contributed by atoms with E-state index in [9.17, 15) is 40.7 Å². The van der Waals surface area contributed by atoms with E-state index in [1.165, 1.54) is 29.2 Å². The van der Waals surface area contributed by atoms with E-state index in [1.807, 2.05) is 0 Å². The minimum absolute atomic E-state index is 0.00223. The molecule has 2 aliphatic heterocycles. The lowest BCUT2D eigenvalue weighted by Crippen LogP contribution is -2.68. The molecule has 0 aliphatic carbocycles. The van der Waals surface area contributed by atoms with Crippen molar-refractivity contribution in [3.05, 3.63) is 24.3 Å². The highest BCUT2D eigenvalue weighted by Gasteiger charge is 2.52. The van der Waals surface area contributed by atoms with Crippen molar-refractivity contribution in [1.82, 2.24) is 15.5 Å². The van der Waals surface area contributed by atoms with Crippen molar-refractivity contribution >= 4 is 29.3 Å². The number of nitrogens with one attached hydrogen (secondary N) is 2. The molecule has 0 radical (unpaired) electrons. The van der Waals surface area contributed by atoms with E-state index in [2.05, 4.69) is 0 Å². The fraction of sp³-hybridized carbons (Fsp3) is 0.571. The number of hydrogen-bond acceptors (Lipinski definition) is 6. The minimum atomic E-state index is -5.07. The van der Waals surface area contributed by atoms with E-state index in [4.69, 9.17) is 4.74 Å². The standard InChI is InChI=1S/C21H24F7N5O4/c1-12(34)30-16(20(23,24)25)33-8-7-31(11-19(33,2)22)13-3-5-14(6-4-13)32-10-15(37-18(32)36)9-29-17(35)21(26,27)28/h3-6,15-16H,7-11H2,1-2H3,(H,29,35)(H,30,34). The van der Waals surface area contributed by atoms with Crippen LogP contribution in [0.5, 0.6) is 0 Å². The number of nitrogens with zero attached hydrogens (tertiary/aromatic N) is 3. The van der Waals surface area contributed by atoms with Gasteiger partial charge in [-0.3, -0.25) is 14.5 Å². The Morgan fingerprint density at radius 3 is 2.22 bits per heavy atom. The van der Waals surface area contributed by atoms with Gasteiger partial charge in [-0.1, -0.05) is 0 Å². The van der Waals surface area contributed by atoms with E-state index >= 15 is 4.39 Å². The Labute approximate surface area is 206 Å². The molecule has 1 aromatic rings. The molecule has 2 fully saturated rings. The lowest BCUT2D eigenvalue weighted by atomic mass is 10.1. The van der Waals surface area contributed by atoms with Gasteiger partial charge in [0.2, 0.25) is 5.91 Å². The molecule has 2 N–H and O–H groups in total. The van der Waals surface area contributed by atoms with Crippen LogP contribution in [0.4, 0.5) is 46.9 Å². The van der Waals surface area contributed by atoms with Crippen molar-refractivity contribution in [2.45, 2.75) is 44.3 Å². The van der Waals surface area contributed by atoms with Gasteiger partial charge in [0.1, 0.15) is 6.10 Å². The number of hydrogen-bond donors (Lipinski definition) is 2. The van der Waals surface area contributed by atoms with Crippen molar-refractivity contribution in [1.29, 1.82) is 0 Å². The molecule has 3 amide bonds. The lowest BCUT2D eigenvalue weighted by molar-refractivity contribution is -0.224. The van der Waals surface area contributed by atoms with Crippen LogP contribution in [0.15, 0.2) is 24.3 Å². The zero-order valence-electron chi connectivity index (χ0n) is 19.6. The van der Waals surface area contributed by atoms with E-state index < -0.39 is 61.4 Å². The summed E-state index contributed by atoms with van der Waals surface area (Å²) in [6.45, 7) is 0.385. The molecule has 0 saturated carbocycles. The summed E-state index contributed by atoms with van der Waals surface area (Å²) in [4.78, 5) is 37.5. The van der Waals surface area contributed by atoms with Gasteiger partial charge in [-0.25, -0.2) is 14.1 Å². The highest BCUT2D eigenvalue weighted by molar-refractivity contribution is 5.90. The predicted molar refractivity (Wildman–Crippen MR) is 115 cm³/mol. The molecule has 9 nitrogen and oxygen atoms in total. The first-order chi connectivity index (χ1) is 17.0. The second-order valence-corrected chi connectivity index (χ2v) is 8.74. The average molecular weight is 543 g/mol. The minimum Gasteiger partial charge on any atom is -0.442 e. The fourth-order valence-electron chi connectivity index (χ4n) is 4.12. The van der Waals surface area contributed by atoms with Crippen LogP contribution in [0.2, 0.25) is 0 Å². The summed E-state index contributed by atoms with van der Waals surface area (Å²) in [6, 6.07) is 5.93. The molecule has 3 atom stereocenters. The maximum atomic E-state index is 15.4. The van der Waals surface area contributed by atoms with Gasteiger partial charge in [-0.15, -0.1) is 0 Å². The summed E-state index contributed by atoms with van der Waals surface area (Å²) in [5.41, 5.74) is 0.750. The second kappa shape index (κ2) is 10.2. The number of rotatable bonds is 6. The molecule has 0 bridgehead atoms. The molecule has 206 valence electrons. The fourth-order valence-corrected chi connectivity index (χ4v) is 4.12. The van der Waals surface area contributed by atoms with Crippen molar-refractivity contribution < 1.29 is 49.9 Å². The van der Waals surface area contributed by atoms with Crippen molar-refractivity contribution in [2.75, 3.05) is 42.5 Å². The zero-order valence-corrected chi connectivity index (χ0v) is 19.6. The Hall–Kier alpha value is -3.30. The Kier molecular flexibility index (Phi) is 7.81. The first kappa shape index (κ1) is 28.3. The first-order valence-corrected chi connectivity index (χ1v) is 11.0. The molecule has 0 spiro atoms. The van der Waals surface area contributed by atoms with Crippen molar-refractivity contribution in [3.8, 4) is 0 Å². The monoisotopic (exact) mass is 543 g/mol. The van der Waals surface area contributed by atoms with Crippen LogP contribution in [0, 0.1) is 0 Å². The number of cyclic esters (lactones) is 1. The van der Waals surface area contributed by atoms with Gasteiger partial charge in [0.05, 0.1) is 19.6 Å². The van der Waals surface area contributed by atoms with Crippen LogP contribution in [0.1, 0.15) is 13.8 Å². The molecule has 2 saturated heterocycles. The van der Waals surface area contributed by atoms with E-state index in [1.54, 1.807) is 10.6 Å². The molecule has 16 heteroatoms. The number of piperazine rings is 1. The SMILES string of the molecule is CC(=O)NC(N1CCN(c2ccc(N3CC(CNC(=O)C(F)(F)F)OC3=O)cc2)CC1(C)F)C(F)(F)F. The van der Waals surface area contributed by atoms with Crippen LogP contribution in [0.3, 0.4) is 0 Å². The Morgan fingerprint density at radius 2 is 1.70 bits per heavy atom. The molecule has 2 aliphatic rings. The largest absolute Gasteiger partial charge is 0.471 e. The normalized spacial score (nSPS) is 24.0. The molecular weight excluding hydrogens is 519 g/mol. The Balaban J connectivity index is 1.64. The van der Waals surface area contributed by atoms with Gasteiger partial charge in [0.15, 0.2) is 12.0 Å². The molecule has 3 rings (SSSR count). The van der Waals surface area contributed by atoms with Gasteiger partial charge in [0.25, 0.3) is 0 Å². The second-order valence-electron chi connectivity index (χ2n) is 8.74. The summed E-state index contributed by atoms with van der Waals surface area (Å²) in [5.74, 6) is -5.58. The van der Waals surface area contributed by atoms with E-state index in [-0.39, 0.29) is 19.6 Å². The Morgan fingerprint density at radius 1 is 1.11 bits per heavy atom. The molecule has 2 heterocycles. The third-order valence-electron chi connectivity index (χ3n) is 5.80. The number of halogens is 7. The topological polar surface area (TPSA) is 94.2 Å². The number of amides is 3. The summed E-state index contributed by atoms with van der Waals surface area (Å²) in [5, 5.41) is 3.38. The maximum Gasteiger partial charge on any atom is 0.471 e. The van der Waals surface area contributed by atoms with Crippen LogP contribution in [0.25, 0.3) is 0 Å². The molecule has 0 aromatic heterocycles. The number of ether oxygens (including phenoxy) is 1. The third kappa shape index (κ3) is 6.72. The predicted octanol–water partition coefficient (Wildman–Crippen LogP) is 2.52. The van der Waals surface area contributed by atoms with Gasteiger partial charge in [0, 0.05) is 31.4 Å². The highest BCUT2D eigenvalue weighted by atomic mass is 19.4. The van der Waals surface area contributed by atoms with Crippen molar-refractivity contribution in [3.63, 3.8) is 0 Å². The first-order valence-electron chi connectivity index (χ1n) is 11.0. The maximum absolute atomic E-state index is 15.4. The summed E-state index contributed by atoms with van der Waals surface area (Å²) < 4.78 is 97.7. The highest BCUT2D eigenvalue weighted by Crippen LogP contribution is 2.34. The number of alkyl halides is 7. The van der Waals surface area contributed by atoms with E-state index in [0.717, 1.165) is 18.7 Å². The number of anilines is 2. The van der Waals surface area contributed by atoms with E-state index in [0.29, 0.717) is 16.3 Å². The summed E-state index contributed by atoms with van der Waals surface area (Å²) in [7, 11) is 0. The molecule has 37 heavy (non-hydrogen) atoms. The summed E-state index contributed by atoms with van der Waals surface area (Å²) in [6.07, 6.45) is -14.3. The third-order valence-corrected chi connectivity index (χ3v) is 5.80. The lowest BCUT2D eigenvalue weighted by Gasteiger charge is -2.48. The number of benzene rings is 1. The van der Waals surface area contributed by atoms with Gasteiger partial charge < -0.3 is 20.3 Å². The van der Waals surface area contributed by atoms with Crippen LogP contribution in [-0.2, 0) is 14.3 Å². The zero-order chi connectivity index (χ0) is 27.8. The van der Waals surface area contributed by atoms with Crippen LogP contribution >= 0.6 is 0 Å². The van der Waals surface area contributed by atoms with Crippen LogP contribution in [-0.4, -0.2) is 85.9 Å². The number of carbonyl (C=O) groups is 3. The summed E-state index contributed by atoms with van der Waals surface area (Å²) >= 11 is 0. The average Bonchev–Trinajstić information content (AvgIpc) is 3.14. The molecule has 3 unspecified atom stereocenters. The Bertz CT molecular complexity index is 1020. The van der Waals surface area contributed by atoms with Gasteiger partial charge in [-0.2, -0.15) is 26.3 Å².